The Bertz CT molecular complexity index is 700. The Morgan fingerprint density at radius 3 is 2.83 bits per heavy atom. The maximum absolute atomic E-state index is 12.2. The van der Waals surface area contributed by atoms with Crippen molar-refractivity contribution >= 4 is 47.2 Å². The minimum absolute atomic E-state index is 0.0375. The number of carboxylic acids is 1. The van der Waals surface area contributed by atoms with Crippen molar-refractivity contribution in [2.45, 2.75) is 23.9 Å². The van der Waals surface area contributed by atoms with Crippen molar-refractivity contribution in [2.24, 2.45) is 0 Å². The van der Waals surface area contributed by atoms with Crippen molar-refractivity contribution in [1.29, 1.82) is 0 Å². The molecular weight excluding hydrogens is 340 g/mol. The Hall–Kier alpha value is -2.13. The number of thiophene rings is 1. The lowest BCUT2D eigenvalue weighted by molar-refractivity contribution is -0.160. The largest absolute Gasteiger partial charge is 0.479 e. The van der Waals surface area contributed by atoms with Crippen LogP contribution in [0, 0.1) is 0 Å². The molecule has 23 heavy (non-hydrogen) atoms. The third kappa shape index (κ3) is 2.77. The lowest BCUT2D eigenvalue weighted by Crippen LogP contribution is -2.74. The van der Waals surface area contributed by atoms with Gasteiger partial charge in [-0.3, -0.25) is 14.4 Å². The minimum atomic E-state index is -1.28. The number of fused-ring (bicyclic) bond motifs is 1. The zero-order valence-corrected chi connectivity index (χ0v) is 13.3. The van der Waals surface area contributed by atoms with Crippen LogP contribution in [0.1, 0.15) is 4.88 Å². The number of nitrogens with zero attached hydrogens (tertiary/aromatic N) is 1. The molecule has 7 nitrogen and oxygen atoms in total. The third-order valence-corrected chi connectivity index (χ3v) is 5.68. The average molecular weight is 352 g/mol. The van der Waals surface area contributed by atoms with Crippen LogP contribution in [0.25, 0.3) is 0 Å². The van der Waals surface area contributed by atoms with Gasteiger partial charge in [-0.2, -0.15) is 0 Å². The second-order valence-electron chi connectivity index (χ2n) is 5.05. The molecule has 1 fully saturated rings. The molecule has 9 heteroatoms. The highest BCUT2D eigenvalue weighted by Crippen LogP contribution is 2.39. The summed E-state index contributed by atoms with van der Waals surface area (Å²) in [6.07, 6.45) is 0.620. The first-order chi connectivity index (χ1) is 11.0. The maximum atomic E-state index is 12.2. The van der Waals surface area contributed by atoms with E-state index in [4.69, 9.17) is 0 Å². The number of amides is 2. The Labute approximate surface area is 139 Å². The van der Waals surface area contributed by atoms with Gasteiger partial charge in [-0.1, -0.05) is 6.07 Å². The topological polar surface area (TPSA) is 104 Å². The summed E-state index contributed by atoms with van der Waals surface area (Å²) in [6, 6.07) is 1.62. The van der Waals surface area contributed by atoms with Crippen LogP contribution in [-0.2, 0) is 25.6 Å². The number of aldehydes is 1. The number of rotatable bonds is 5. The van der Waals surface area contributed by atoms with E-state index in [1.807, 2.05) is 17.5 Å². The normalized spacial score (nSPS) is 25.9. The molecule has 0 bridgehead atoms. The first-order valence-corrected chi connectivity index (χ1v) is 8.52. The van der Waals surface area contributed by atoms with Crippen LogP contribution in [0.4, 0.5) is 0 Å². The smallest absolute Gasteiger partial charge is 0.331 e. The van der Waals surface area contributed by atoms with E-state index in [1.54, 1.807) is 0 Å². The molecule has 2 aliphatic rings. The fourth-order valence-corrected chi connectivity index (χ4v) is 4.44. The number of carbonyl (C=O) groups is 4. The number of carbonyl (C=O) groups excluding carboxylic acids is 3. The SMILES string of the molecule is O=CC1=CS[C@H]2C(NC(=O)Cc3cccs3)C(=O)N2C1C(=O)O. The summed E-state index contributed by atoms with van der Waals surface area (Å²) in [6.45, 7) is 0. The highest BCUT2D eigenvalue weighted by molar-refractivity contribution is 8.03. The molecule has 3 heterocycles. The van der Waals surface area contributed by atoms with E-state index in [9.17, 15) is 24.3 Å². The van der Waals surface area contributed by atoms with E-state index in [0.717, 1.165) is 21.5 Å². The number of aliphatic carboxylic acids is 1. The highest BCUT2D eigenvalue weighted by Gasteiger charge is 2.55. The first kappa shape index (κ1) is 15.8. The first-order valence-electron chi connectivity index (χ1n) is 6.70. The van der Waals surface area contributed by atoms with Gasteiger partial charge in [0.05, 0.1) is 6.42 Å². The van der Waals surface area contributed by atoms with Crippen LogP contribution in [0.3, 0.4) is 0 Å². The molecule has 1 aromatic rings. The summed E-state index contributed by atoms with van der Waals surface area (Å²) in [5, 5.41) is 14.7. The molecule has 2 amide bonds. The molecule has 0 aliphatic carbocycles. The summed E-state index contributed by atoms with van der Waals surface area (Å²) in [4.78, 5) is 48.5. The zero-order valence-electron chi connectivity index (χ0n) is 11.7. The van der Waals surface area contributed by atoms with E-state index in [2.05, 4.69) is 5.32 Å². The number of nitrogens with one attached hydrogen (secondary N) is 1. The molecule has 1 aromatic heterocycles. The molecule has 1 saturated heterocycles. The Balaban J connectivity index is 1.69. The van der Waals surface area contributed by atoms with Gasteiger partial charge in [0.15, 0.2) is 6.04 Å². The van der Waals surface area contributed by atoms with Gasteiger partial charge < -0.3 is 15.3 Å². The number of hydrogen-bond donors (Lipinski definition) is 2. The van der Waals surface area contributed by atoms with E-state index >= 15 is 0 Å². The monoisotopic (exact) mass is 352 g/mol. The molecule has 3 atom stereocenters. The predicted octanol–water partition coefficient (Wildman–Crippen LogP) is 0.226. The van der Waals surface area contributed by atoms with Crippen molar-refractivity contribution in [1.82, 2.24) is 10.2 Å². The molecule has 120 valence electrons. The fraction of sp³-hybridized carbons (Fsp3) is 0.286. The lowest BCUT2D eigenvalue weighted by Gasteiger charge is -2.50. The molecule has 2 unspecified atom stereocenters. The van der Waals surface area contributed by atoms with Crippen LogP contribution in [0.2, 0.25) is 0 Å². The number of thioether (sulfide) groups is 1. The van der Waals surface area contributed by atoms with Crippen LogP contribution in [0.15, 0.2) is 28.5 Å². The predicted molar refractivity (Wildman–Crippen MR) is 83.7 cm³/mol. The van der Waals surface area contributed by atoms with Crippen LogP contribution in [0.5, 0.6) is 0 Å². The summed E-state index contributed by atoms with van der Waals surface area (Å²) < 4.78 is 0. The Kier molecular flexibility index (Phi) is 4.22. The van der Waals surface area contributed by atoms with Gasteiger partial charge in [0.1, 0.15) is 17.7 Å². The standard InChI is InChI=1S/C14H12N2O5S2/c17-5-7-6-23-13-10(12(19)16(13)11(7)14(20)21)15-9(18)4-8-2-1-3-22-8/h1-3,5-6,10-11,13H,4H2,(H,15,18)(H,20,21)/t10?,11?,13-/m0/s1. The quantitative estimate of drug-likeness (QED) is 0.581. The summed E-state index contributed by atoms with van der Waals surface area (Å²) in [5.41, 5.74) is 0.0375. The molecule has 0 saturated carbocycles. The highest BCUT2D eigenvalue weighted by atomic mass is 32.2. The van der Waals surface area contributed by atoms with E-state index < -0.39 is 29.3 Å². The molecular formula is C14H12N2O5S2. The number of β-lactam (4-membered cyclic amide) rings is 1. The van der Waals surface area contributed by atoms with E-state index in [0.29, 0.717) is 6.29 Å². The minimum Gasteiger partial charge on any atom is -0.479 e. The zero-order chi connectivity index (χ0) is 16.6. The lowest BCUT2D eigenvalue weighted by atomic mass is 9.98. The second-order valence-corrected chi connectivity index (χ2v) is 7.07. The van der Waals surface area contributed by atoms with Crippen molar-refractivity contribution < 1.29 is 24.3 Å². The van der Waals surface area contributed by atoms with Gasteiger partial charge in [-0.05, 0) is 16.9 Å². The van der Waals surface area contributed by atoms with Crippen molar-refractivity contribution in [3.63, 3.8) is 0 Å². The van der Waals surface area contributed by atoms with Crippen LogP contribution >= 0.6 is 23.1 Å². The fourth-order valence-electron chi connectivity index (χ4n) is 2.56. The van der Waals surface area contributed by atoms with Gasteiger partial charge in [0, 0.05) is 10.5 Å². The molecule has 0 radical (unpaired) electrons. The average Bonchev–Trinajstić information content (AvgIpc) is 3.03. The van der Waals surface area contributed by atoms with Gasteiger partial charge in [-0.15, -0.1) is 23.1 Å². The molecule has 0 aromatic carbocycles. The molecule has 0 spiro atoms. The van der Waals surface area contributed by atoms with Gasteiger partial charge in [0.2, 0.25) is 11.8 Å². The Morgan fingerprint density at radius 1 is 1.43 bits per heavy atom. The van der Waals surface area contributed by atoms with Crippen molar-refractivity contribution in [3.05, 3.63) is 33.4 Å². The maximum Gasteiger partial charge on any atom is 0.331 e. The molecule has 2 N–H and O–H groups in total. The van der Waals surface area contributed by atoms with Crippen LogP contribution < -0.4 is 5.32 Å². The summed E-state index contributed by atoms with van der Waals surface area (Å²) >= 11 is 2.61. The van der Waals surface area contributed by atoms with Crippen molar-refractivity contribution in [2.75, 3.05) is 0 Å². The second kappa shape index (κ2) is 6.17. The molecule has 3 rings (SSSR count). The van der Waals surface area contributed by atoms with Crippen LogP contribution in [-0.4, -0.2) is 51.5 Å². The number of hydrogen-bond acceptors (Lipinski definition) is 6. The van der Waals surface area contributed by atoms with E-state index in [-0.39, 0.29) is 17.9 Å². The van der Waals surface area contributed by atoms with Gasteiger partial charge in [0.25, 0.3) is 0 Å². The van der Waals surface area contributed by atoms with Gasteiger partial charge in [-0.25, -0.2) is 4.79 Å². The summed E-state index contributed by atoms with van der Waals surface area (Å²) in [7, 11) is 0. The van der Waals surface area contributed by atoms with E-state index in [1.165, 1.54) is 16.7 Å². The Morgan fingerprint density at radius 2 is 2.22 bits per heavy atom. The van der Waals surface area contributed by atoms with Crippen molar-refractivity contribution in [3.8, 4) is 0 Å². The summed E-state index contributed by atoms with van der Waals surface area (Å²) in [5.74, 6) is -2.03. The molecule has 2 aliphatic heterocycles. The van der Waals surface area contributed by atoms with Gasteiger partial charge >= 0.3 is 5.97 Å². The number of carboxylic acid groups (broad SMARTS) is 1. The third-order valence-electron chi connectivity index (χ3n) is 3.62.